The molecule has 108 valence electrons. The van der Waals surface area contributed by atoms with Crippen molar-refractivity contribution in [1.82, 2.24) is 10.3 Å². The fourth-order valence-electron chi connectivity index (χ4n) is 3.17. The Balaban J connectivity index is 1.93. The van der Waals surface area contributed by atoms with Crippen molar-refractivity contribution >= 4 is 11.3 Å². The quantitative estimate of drug-likeness (QED) is 0.834. The van der Waals surface area contributed by atoms with Gasteiger partial charge in [-0.05, 0) is 31.7 Å². The van der Waals surface area contributed by atoms with Gasteiger partial charge in [-0.25, -0.2) is 4.98 Å². The molecule has 0 bridgehead atoms. The van der Waals surface area contributed by atoms with Crippen molar-refractivity contribution < 1.29 is 0 Å². The van der Waals surface area contributed by atoms with Gasteiger partial charge in [0.2, 0.25) is 0 Å². The summed E-state index contributed by atoms with van der Waals surface area (Å²) in [5.41, 5.74) is 0. The van der Waals surface area contributed by atoms with Crippen LogP contribution in [0.15, 0.2) is 11.6 Å². The number of aromatic nitrogens is 1. The Labute approximate surface area is 122 Å². The maximum absolute atomic E-state index is 4.48. The van der Waals surface area contributed by atoms with Gasteiger partial charge in [0.15, 0.2) is 0 Å². The van der Waals surface area contributed by atoms with Gasteiger partial charge in [0.1, 0.15) is 0 Å². The van der Waals surface area contributed by atoms with Gasteiger partial charge in [0.05, 0.1) is 5.01 Å². The normalized spacial score (nSPS) is 19.8. The Bertz CT molecular complexity index is 315. The smallest absolute Gasteiger partial charge is 0.0940 e. The molecule has 0 amide bonds. The molecule has 1 saturated carbocycles. The highest BCUT2D eigenvalue weighted by Crippen LogP contribution is 2.27. The van der Waals surface area contributed by atoms with E-state index in [0.29, 0.717) is 6.04 Å². The molecule has 1 aliphatic carbocycles. The molecule has 0 aromatic carbocycles. The summed E-state index contributed by atoms with van der Waals surface area (Å²) in [6.45, 7) is 3.40. The van der Waals surface area contributed by atoms with E-state index in [1.165, 1.54) is 56.4 Å². The van der Waals surface area contributed by atoms with Crippen molar-refractivity contribution in [2.75, 3.05) is 6.54 Å². The second-order valence-corrected chi connectivity index (χ2v) is 6.77. The molecule has 19 heavy (non-hydrogen) atoms. The van der Waals surface area contributed by atoms with E-state index in [9.17, 15) is 0 Å². The molecule has 0 aliphatic heterocycles. The van der Waals surface area contributed by atoms with E-state index in [-0.39, 0.29) is 0 Å². The van der Waals surface area contributed by atoms with Crippen LogP contribution in [0.25, 0.3) is 0 Å². The molecule has 1 aliphatic rings. The molecular formula is C16H28N2S. The highest BCUT2D eigenvalue weighted by Gasteiger charge is 2.22. The molecule has 1 aromatic rings. The Morgan fingerprint density at radius 3 is 2.63 bits per heavy atom. The molecule has 1 unspecified atom stereocenters. The molecule has 3 heteroatoms. The van der Waals surface area contributed by atoms with Crippen LogP contribution < -0.4 is 5.32 Å². The van der Waals surface area contributed by atoms with Crippen molar-refractivity contribution in [3.8, 4) is 0 Å². The van der Waals surface area contributed by atoms with Crippen LogP contribution in [0.3, 0.4) is 0 Å². The van der Waals surface area contributed by atoms with Gasteiger partial charge in [-0.2, -0.15) is 0 Å². The minimum absolute atomic E-state index is 0.643. The molecule has 1 heterocycles. The average Bonchev–Trinajstić information content (AvgIpc) is 2.87. The monoisotopic (exact) mass is 280 g/mol. The number of hydrogen-bond acceptors (Lipinski definition) is 3. The number of nitrogens with zero attached hydrogens (tertiary/aromatic N) is 1. The van der Waals surface area contributed by atoms with Crippen molar-refractivity contribution in [1.29, 1.82) is 0 Å². The Kier molecular flexibility index (Phi) is 6.86. The van der Waals surface area contributed by atoms with Crippen LogP contribution in [0.4, 0.5) is 0 Å². The summed E-state index contributed by atoms with van der Waals surface area (Å²) < 4.78 is 0. The fraction of sp³-hybridized carbons (Fsp3) is 0.812. The van der Waals surface area contributed by atoms with Gasteiger partial charge in [-0.1, -0.05) is 39.0 Å². The zero-order valence-corrected chi connectivity index (χ0v) is 13.1. The Hall–Kier alpha value is -0.410. The molecule has 1 fully saturated rings. The van der Waals surface area contributed by atoms with Crippen LogP contribution in [-0.2, 0) is 6.42 Å². The van der Waals surface area contributed by atoms with Gasteiger partial charge >= 0.3 is 0 Å². The average molecular weight is 280 g/mol. The summed E-state index contributed by atoms with van der Waals surface area (Å²) in [4.78, 5) is 4.48. The van der Waals surface area contributed by atoms with E-state index in [0.717, 1.165) is 18.9 Å². The minimum atomic E-state index is 0.643. The lowest BCUT2D eigenvalue weighted by molar-refractivity contribution is 0.283. The second-order valence-electron chi connectivity index (χ2n) is 5.80. The first kappa shape index (κ1) is 15.0. The molecule has 0 spiro atoms. The SMILES string of the molecule is CCCNC(Cc1nccs1)C1CCCCCCC1. The van der Waals surface area contributed by atoms with Crippen LogP contribution in [0.2, 0.25) is 0 Å². The molecule has 2 nitrogen and oxygen atoms in total. The predicted octanol–water partition coefficient (Wildman–Crippen LogP) is 4.41. The van der Waals surface area contributed by atoms with Crippen molar-refractivity contribution in [3.63, 3.8) is 0 Å². The van der Waals surface area contributed by atoms with E-state index in [1.54, 1.807) is 11.3 Å². The summed E-state index contributed by atoms with van der Waals surface area (Å²) in [6, 6.07) is 0.643. The fourth-order valence-corrected chi connectivity index (χ4v) is 3.84. The lowest BCUT2D eigenvalue weighted by Crippen LogP contribution is -2.39. The van der Waals surface area contributed by atoms with Crippen molar-refractivity contribution in [2.24, 2.45) is 5.92 Å². The summed E-state index contributed by atoms with van der Waals surface area (Å²) in [5, 5.41) is 7.20. The van der Waals surface area contributed by atoms with Crippen molar-refractivity contribution in [2.45, 2.75) is 70.8 Å². The highest BCUT2D eigenvalue weighted by atomic mass is 32.1. The molecule has 1 N–H and O–H groups in total. The summed E-state index contributed by atoms with van der Waals surface area (Å²) in [5.74, 6) is 0.857. The predicted molar refractivity (Wildman–Crippen MR) is 83.7 cm³/mol. The lowest BCUT2D eigenvalue weighted by atomic mass is 9.84. The van der Waals surface area contributed by atoms with E-state index < -0.39 is 0 Å². The second kappa shape index (κ2) is 8.70. The topological polar surface area (TPSA) is 24.9 Å². The molecule has 1 atom stereocenters. The first-order valence-electron chi connectivity index (χ1n) is 8.02. The summed E-state index contributed by atoms with van der Waals surface area (Å²) >= 11 is 1.81. The summed E-state index contributed by atoms with van der Waals surface area (Å²) in [6.07, 6.45) is 14.3. The van der Waals surface area contributed by atoms with E-state index >= 15 is 0 Å². The van der Waals surface area contributed by atoms with Gasteiger partial charge in [0, 0.05) is 24.0 Å². The van der Waals surface area contributed by atoms with E-state index in [4.69, 9.17) is 0 Å². The first-order chi connectivity index (χ1) is 9.40. The third kappa shape index (κ3) is 5.23. The van der Waals surface area contributed by atoms with Crippen molar-refractivity contribution in [3.05, 3.63) is 16.6 Å². The van der Waals surface area contributed by atoms with Crippen LogP contribution in [0, 0.1) is 5.92 Å². The van der Waals surface area contributed by atoms with Gasteiger partial charge in [-0.3, -0.25) is 0 Å². The van der Waals surface area contributed by atoms with Gasteiger partial charge < -0.3 is 5.32 Å². The molecule has 0 radical (unpaired) electrons. The third-order valence-electron chi connectivity index (χ3n) is 4.25. The van der Waals surface area contributed by atoms with E-state index in [1.807, 2.05) is 6.20 Å². The van der Waals surface area contributed by atoms with Gasteiger partial charge in [0.25, 0.3) is 0 Å². The van der Waals surface area contributed by atoms with Crippen LogP contribution in [0.5, 0.6) is 0 Å². The number of rotatable bonds is 6. The lowest BCUT2D eigenvalue weighted by Gasteiger charge is -2.29. The number of thiazole rings is 1. The number of hydrogen-bond donors (Lipinski definition) is 1. The van der Waals surface area contributed by atoms with Crippen LogP contribution in [-0.4, -0.2) is 17.6 Å². The zero-order valence-electron chi connectivity index (χ0n) is 12.2. The maximum atomic E-state index is 4.48. The Morgan fingerprint density at radius 1 is 1.26 bits per heavy atom. The number of nitrogens with one attached hydrogen (secondary N) is 1. The molecular weight excluding hydrogens is 252 g/mol. The van der Waals surface area contributed by atoms with E-state index in [2.05, 4.69) is 22.6 Å². The highest BCUT2D eigenvalue weighted by molar-refractivity contribution is 7.09. The van der Waals surface area contributed by atoms with Crippen LogP contribution in [0.1, 0.15) is 63.3 Å². The zero-order chi connectivity index (χ0) is 13.3. The molecule has 0 saturated heterocycles. The first-order valence-corrected chi connectivity index (χ1v) is 8.90. The van der Waals surface area contributed by atoms with Gasteiger partial charge in [-0.15, -0.1) is 11.3 Å². The van der Waals surface area contributed by atoms with Crippen LogP contribution >= 0.6 is 11.3 Å². The molecule has 1 aromatic heterocycles. The third-order valence-corrected chi connectivity index (χ3v) is 5.06. The summed E-state index contributed by atoms with van der Waals surface area (Å²) in [7, 11) is 0. The maximum Gasteiger partial charge on any atom is 0.0940 e. The largest absolute Gasteiger partial charge is 0.313 e. The Morgan fingerprint density at radius 2 is 2.00 bits per heavy atom. The molecule has 2 rings (SSSR count). The minimum Gasteiger partial charge on any atom is -0.313 e. The standard InChI is InChI=1S/C16H28N2S/c1-2-10-17-15(13-16-18-11-12-19-16)14-8-6-4-3-5-7-9-14/h11-12,14-15,17H,2-10,13H2,1H3.